The van der Waals surface area contributed by atoms with Crippen molar-refractivity contribution in [3.05, 3.63) is 40.6 Å². The number of ether oxygens (including phenoxy) is 2. The van der Waals surface area contributed by atoms with Crippen molar-refractivity contribution < 1.29 is 19.4 Å². The summed E-state index contributed by atoms with van der Waals surface area (Å²) in [6.45, 7) is 4.99. The molecule has 0 fully saturated rings. The molecule has 1 aromatic carbocycles. The van der Waals surface area contributed by atoms with Gasteiger partial charge in [0.25, 0.3) is 0 Å². The summed E-state index contributed by atoms with van der Waals surface area (Å²) in [5.41, 5.74) is 2.01. The highest BCUT2D eigenvalue weighted by molar-refractivity contribution is 7.15. The van der Waals surface area contributed by atoms with Crippen molar-refractivity contribution in [3.63, 3.8) is 0 Å². The molecule has 0 saturated heterocycles. The van der Waals surface area contributed by atoms with Gasteiger partial charge in [0.1, 0.15) is 5.01 Å². The Hall–Kier alpha value is -2.38. The van der Waals surface area contributed by atoms with Crippen LogP contribution in [0.1, 0.15) is 24.2 Å². The van der Waals surface area contributed by atoms with Crippen molar-refractivity contribution in [2.24, 2.45) is 0 Å². The van der Waals surface area contributed by atoms with Crippen LogP contribution in [0.15, 0.2) is 35.0 Å². The molecular weight excluding hydrogens is 358 g/mol. The van der Waals surface area contributed by atoms with Gasteiger partial charge in [0.15, 0.2) is 11.5 Å². The minimum absolute atomic E-state index is 0.286. The zero-order valence-electron chi connectivity index (χ0n) is 13.8. The lowest BCUT2D eigenvalue weighted by atomic mass is 10.2. The number of nitrogens with zero attached hydrogens (tertiary/aromatic N) is 1. The normalized spacial score (nSPS) is 10.6. The third-order valence-electron chi connectivity index (χ3n) is 3.39. The number of carbonyl (C=O) groups is 1. The van der Waals surface area contributed by atoms with E-state index in [0.29, 0.717) is 24.7 Å². The highest BCUT2D eigenvalue weighted by Crippen LogP contribution is 2.36. The van der Waals surface area contributed by atoms with Crippen LogP contribution in [0.3, 0.4) is 0 Å². The van der Waals surface area contributed by atoms with Crippen molar-refractivity contribution in [1.82, 2.24) is 4.98 Å². The molecule has 1 N–H and O–H groups in total. The predicted octanol–water partition coefficient (Wildman–Crippen LogP) is 5.03. The largest absolute Gasteiger partial charge is 0.490 e. The highest BCUT2D eigenvalue weighted by atomic mass is 32.1. The van der Waals surface area contributed by atoms with Crippen LogP contribution in [0.25, 0.3) is 21.1 Å². The predicted molar refractivity (Wildman–Crippen MR) is 100 cm³/mol. The van der Waals surface area contributed by atoms with Gasteiger partial charge in [-0.2, -0.15) is 0 Å². The van der Waals surface area contributed by atoms with E-state index in [0.717, 1.165) is 21.1 Å². The molecule has 5 nitrogen and oxygen atoms in total. The molecule has 3 rings (SSSR count). The average molecular weight is 375 g/mol. The minimum atomic E-state index is -0.925. The molecule has 0 saturated carbocycles. The van der Waals surface area contributed by atoms with Crippen LogP contribution in [-0.2, 0) is 0 Å². The Morgan fingerprint density at radius 3 is 2.52 bits per heavy atom. The van der Waals surface area contributed by atoms with E-state index in [1.807, 2.05) is 37.4 Å². The molecule has 130 valence electrons. The van der Waals surface area contributed by atoms with E-state index in [1.54, 1.807) is 11.4 Å². The van der Waals surface area contributed by atoms with Crippen LogP contribution < -0.4 is 9.47 Å². The average Bonchev–Trinajstić information content (AvgIpc) is 3.26. The van der Waals surface area contributed by atoms with Gasteiger partial charge in [0.05, 0.1) is 29.3 Å². The molecule has 0 aliphatic heterocycles. The number of benzene rings is 1. The first-order valence-corrected chi connectivity index (χ1v) is 9.56. The minimum Gasteiger partial charge on any atom is -0.490 e. The zero-order valence-corrected chi connectivity index (χ0v) is 15.4. The molecular formula is C18H17NO4S2. The third kappa shape index (κ3) is 3.83. The molecule has 2 aromatic heterocycles. The first-order chi connectivity index (χ1) is 12.1. The van der Waals surface area contributed by atoms with Crippen LogP contribution in [0.5, 0.6) is 11.5 Å². The van der Waals surface area contributed by atoms with Gasteiger partial charge < -0.3 is 14.6 Å². The quantitative estimate of drug-likeness (QED) is 0.627. The standard InChI is InChI=1S/C18H17NO4S2/c1-3-22-14-6-5-11(7-15(14)23-4-2)17-19-13(10-25-17)16-8-12(9-24-16)18(20)21/h5-10H,3-4H2,1-2H3,(H,20,21). The summed E-state index contributed by atoms with van der Waals surface area (Å²) < 4.78 is 11.2. The summed E-state index contributed by atoms with van der Waals surface area (Å²) in [7, 11) is 0. The maximum atomic E-state index is 11.0. The Morgan fingerprint density at radius 2 is 1.84 bits per heavy atom. The molecule has 0 spiro atoms. The second-order valence-corrected chi connectivity index (χ2v) is 6.84. The van der Waals surface area contributed by atoms with Crippen molar-refractivity contribution in [2.75, 3.05) is 13.2 Å². The topological polar surface area (TPSA) is 68.7 Å². The van der Waals surface area contributed by atoms with E-state index in [2.05, 4.69) is 4.98 Å². The molecule has 0 radical (unpaired) electrons. The monoisotopic (exact) mass is 375 g/mol. The summed E-state index contributed by atoms with van der Waals surface area (Å²) in [5.74, 6) is 0.489. The second kappa shape index (κ2) is 7.67. The fraction of sp³-hybridized carbons (Fsp3) is 0.222. The zero-order chi connectivity index (χ0) is 17.8. The molecule has 0 aliphatic carbocycles. The van der Waals surface area contributed by atoms with E-state index in [-0.39, 0.29) is 5.56 Å². The number of aromatic nitrogens is 1. The molecule has 25 heavy (non-hydrogen) atoms. The molecule has 0 bridgehead atoms. The molecule has 2 heterocycles. The van der Waals surface area contributed by atoms with E-state index < -0.39 is 5.97 Å². The number of carboxylic acid groups (broad SMARTS) is 1. The highest BCUT2D eigenvalue weighted by Gasteiger charge is 2.13. The van der Waals surface area contributed by atoms with Crippen LogP contribution >= 0.6 is 22.7 Å². The van der Waals surface area contributed by atoms with Gasteiger partial charge >= 0.3 is 5.97 Å². The van der Waals surface area contributed by atoms with E-state index >= 15 is 0 Å². The van der Waals surface area contributed by atoms with Crippen LogP contribution in [-0.4, -0.2) is 29.3 Å². The van der Waals surface area contributed by atoms with E-state index in [9.17, 15) is 4.79 Å². The summed E-state index contributed by atoms with van der Waals surface area (Å²) in [6, 6.07) is 7.41. The lowest BCUT2D eigenvalue weighted by Crippen LogP contribution is -1.98. The SMILES string of the molecule is CCOc1ccc(-c2nc(-c3cc(C(=O)O)cs3)cs2)cc1OCC. The number of aromatic carboxylic acids is 1. The Morgan fingerprint density at radius 1 is 1.08 bits per heavy atom. The van der Waals surface area contributed by atoms with Crippen LogP contribution in [0.4, 0.5) is 0 Å². The Balaban J connectivity index is 1.90. The van der Waals surface area contributed by atoms with Crippen molar-refractivity contribution >= 4 is 28.6 Å². The second-order valence-electron chi connectivity index (χ2n) is 5.07. The Kier molecular flexibility index (Phi) is 5.35. The van der Waals surface area contributed by atoms with E-state index in [1.165, 1.54) is 22.7 Å². The van der Waals surface area contributed by atoms with Crippen molar-refractivity contribution in [2.45, 2.75) is 13.8 Å². The smallest absolute Gasteiger partial charge is 0.336 e. The first-order valence-electron chi connectivity index (χ1n) is 7.80. The van der Waals surface area contributed by atoms with Gasteiger partial charge in [-0.3, -0.25) is 0 Å². The van der Waals surface area contributed by atoms with E-state index in [4.69, 9.17) is 14.6 Å². The third-order valence-corrected chi connectivity index (χ3v) is 5.24. The fourth-order valence-electron chi connectivity index (χ4n) is 2.29. The van der Waals surface area contributed by atoms with Gasteiger partial charge in [-0.15, -0.1) is 22.7 Å². The molecule has 0 amide bonds. The lowest BCUT2D eigenvalue weighted by molar-refractivity contribution is 0.0697. The van der Waals surface area contributed by atoms with Gasteiger partial charge in [0, 0.05) is 16.3 Å². The number of hydrogen-bond acceptors (Lipinski definition) is 6. The maximum absolute atomic E-state index is 11.0. The summed E-state index contributed by atoms with van der Waals surface area (Å²) in [4.78, 5) is 16.5. The summed E-state index contributed by atoms with van der Waals surface area (Å²) >= 11 is 2.89. The molecule has 0 unspecified atom stereocenters. The van der Waals surface area contributed by atoms with Gasteiger partial charge in [-0.25, -0.2) is 9.78 Å². The molecule has 3 aromatic rings. The van der Waals surface area contributed by atoms with Gasteiger partial charge in [0.2, 0.25) is 0 Å². The number of hydrogen-bond donors (Lipinski definition) is 1. The van der Waals surface area contributed by atoms with Crippen LogP contribution in [0.2, 0.25) is 0 Å². The number of rotatable bonds is 7. The maximum Gasteiger partial charge on any atom is 0.336 e. The summed E-state index contributed by atoms with van der Waals surface area (Å²) in [6.07, 6.45) is 0. The first kappa shape index (κ1) is 17.4. The number of thiophene rings is 1. The Bertz CT molecular complexity index is 885. The van der Waals surface area contributed by atoms with Crippen LogP contribution in [0, 0.1) is 0 Å². The molecule has 7 heteroatoms. The van der Waals surface area contributed by atoms with Crippen molar-refractivity contribution in [1.29, 1.82) is 0 Å². The van der Waals surface area contributed by atoms with Gasteiger partial charge in [-0.05, 0) is 38.1 Å². The number of carboxylic acids is 1. The lowest BCUT2D eigenvalue weighted by Gasteiger charge is -2.11. The Labute approximate surface area is 153 Å². The molecule has 0 aliphatic rings. The fourth-order valence-corrected chi connectivity index (χ4v) is 4.02. The van der Waals surface area contributed by atoms with Crippen molar-refractivity contribution in [3.8, 4) is 32.6 Å². The number of thiazole rings is 1. The van der Waals surface area contributed by atoms with Gasteiger partial charge in [-0.1, -0.05) is 0 Å². The molecule has 0 atom stereocenters. The summed E-state index contributed by atoms with van der Waals surface area (Å²) in [5, 5.41) is 13.5.